The van der Waals surface area contributed by atoms with Crippen LogP contribution in [0.4, 0.5) is 4.39 Å². The Kier molecular flexibility index (Phi) is 4.59. The lowest BCUT2D eigenvalue weighted by molar-refractivity contribution is 0.509. The molecule has 0 aliphatic rings. The number of hydrogen-bond acceptors (Lipinski definition) is 7. The summed E-state index contributed by atoms with van der Waals surface area (Å²) in [6, 6.07) is 15.4. The molecule has 1 unspecified atom stereocenters. The Balaban J connectivity index is 1.53. The Bertz CT molecular complexity index is 1050. The molecule has 0 fully saturated rings. The van der Waals surface area contributed by atoms with E-state index in [2.05, 4.69) is 20.4 Å². The molecule has 27 heavy (non-hydrogen) atoms. The molecule has 4 aromatic rings. The number of halogens is 1. The van der Waals surface area contributed by atoms with Gasteiger partial charge in [-0.2, -0.15) is 0 Å². The minimum Gasteiger partial charge on any atom is -0.419 e. The maximum atomic E-state index is 13.1. The molecule has 2 aromatic carbocycles. The van der Waals surface area contributed by atoms with Crippen molar-refractivity contribution in [3.05, 3.63) is 66.3 Å². The number of hydrogen-bond donors (Lipinski definition) is 1. The second-order valence-electron chi connectivity index (χ2n) is 5.75. The number of nitrogens with zero attached hydrogens (tertiary/aromatic N) is 5. The number of aromatic nitrogens is 5. The Morgan fingerprint density at radius 2 is 1.70 bits per heavy atom. The fourth-order valence-corrected chi connectivity index (χ4v) is 3.26. The molecular weight excluding hydrogens is 367 g/mol. The van der Waals surface area contributed by atoms with Gasteiger partial charge in [-0.1, -0.05) is 30.0 Å². The lowest BCUT2D eigenvalue weighted by atomic mass is 10.2. The number of nitrogens with two attached hydrogens (primary N) is 1. The zero-order chi connectivity index (χ0) is 18.8. The number of nitrogen functional groups attached to an aromatic ring is 1. The Hall–Kier alpha value is -3.20. The van der Waals surface area contributed by atoms with Crippen molar-refractivity contribution in [2.24, 2.45) is 0 Å². The fraction of sp³-hybridized carbons (Fsp3) is 0.111. The van der Waals surface area contributed by atoms with Crippen LogP contribution >= 0.6 is 11.8 Å². The highest BCUT2D eigenvalue weighted by Crippen LogP contribution is 2.34. The minimum atomic E-state index is -0.323. The van der Waals surface area contributed by atoms with Gasteiger partial charge in [0.1, 0.15) is 5.82 Å². The summed E-state index contributed by atoms with van der Waals surface area (Å²) in [6.07, 6.45) is 0. The first-order valence-corrected chi connectivity index (χ1v) is 9.01. The normalized spacial score (nSPS) is 12.2. The zero-order valence-electron chi connectivity index (χ0n) is 14.3. The SMILES string of the molecule is CC(Sc1nnc(-c2ccc(F)cc2)n1N)c1nnc(-c2ccccc2)o1. The number of benzene rings is 2. The molecule has 1 atom stereocenters. The first kappa shape index (κ1) is 17.2. The first-order chi connectivity index (χ1) is 13.1. The summed E-state index contributed by atoms with van der Waals surface area (Å²) in [7, 11) is 0. The van der Waals surface area contributed by atoms with Crippen molar-refractivity contribution < 1.29 is 8.81 Å². The molecule has 0 aliphatic heterocycles. The standard InChI is InChI=1S/C18H15FN6OS/c1-11(16-22-23-17(26-16)13-5-3-2-4-6-13)27-18-24-21-15(25(18)20)12-7-9-14(19)10-8-12/h2-11H,20H2,1H3. The molecule has 0 aliphatic carbocycles. The summed E-state index contributed by atoms with van der Waals surface area (Å²) in [6.45, 7) is 1.92. The second-order valence-corrected chi connectivity index (χ2v) is 7.06. The van der Waals surface area contributed by atoms with Crippen molar-refractivity contribution in [2.75, 3.05) is 5.84 Å². The van der Waals surface area contributed by atoms with Crippen LogP contribution in [0.25, 0.3) is 22.8 Å². The van der Waals surface area contributed by atoms with Crippen molar-refractivity contribution in [1.82, 2.24) is 25.1 Å². The molecule has 136 valence electrons. The maximum absolute atomic E-state index is 13.1. The van der Waals surface area contributed by atoms with Crippen LogP contribution in [-0.2, 0) is 0 Å². The van der Waals surface area contributed by atoms with E-state index in [9.17, 15) is 4.39 Å². The van der Waals surface area contributed by atoms with Crippen LogP contribution < -0.4 is 5.84 Å². The van der Waals surface area contributed by atoms with Gasteiger partial charge in [0, 0.05) is 11.1 Å². The van der Waals surface area contributed by atoms with E-state index in [1.165, 1.54) is 28.6 Å². The quantitative estimate of drug-likeness (QED) is 0.415. The van der Waals surface area contributed by atoms with Gasteiger partial charge in [0.25, 0.3) is 0 Å². The summed E-state index contributed by atoms with van der Waals surface area (Å²) in [5.41, 5.74) is 1.53. The molecule has 2 N–H and O–H groups in total. The molecule has 4 rings (SSSR count). The van der Waals surface area contributed by atoms with E-state index < -0.39 is 0 Å². The van der Waals surface area contributed by atoms with Crippen LogP contribution in [0, 0.1) is 5.82 Å². The van der Waals surface area contributed by atoms with Crippen molar-refractivity contribution in [1.29, 1.82) is 0 Å². The highest BCUT2D eigenvalue weighted by molar-refractivity contribution is 7.99. The lowest BCUT2D eigenvalue weighted by Gasteiger charge is -2.06. The Morgan fingerprint density at radius 1 is 0.963 bits per heavy atom. The van der Waals surface area contributed by atoms with Crippen LogP contribution in [0.15, 0.2) is 64.2 Å². The van der Waals surface area contributed by atoms with Crippen LogP contribution in [0.3, 0.4) is 0 Å². The van der Waals surface area contributed by atoms with Crippen molar-refractivity contribution in [3.63, 3.8) is 0 Å². The molecule has 0 radical (unpaired) electrons. The zero-order valence-corrected chi connectivity index (χ0v) is 15.1. The minimum absolute atomic E-state index is 0.178. The topological polar surface area (TPSA) is 95.7 Å². The third-order valence-corrected chi connectivity index (χ3v) is 4.90. The third kappa shape index (κ3) is 3.54. The van der Waals surface area contributed by atoms with Gasteiger partial charge in [-0.25, -0.2) is 9.07 Å². The molecule has 0 spiro atoms. The van der Waals surface area contributed by atoms with E-state index in [-0.39, 0.29) is 11.1 Å². The average molecular weight is 382 g/mol. The van der Waals surface area contributed by atoms with E-state index in [1.54, 1.807) is 12.1 Å². The predicted octanol–water partition coefficient (Wildman–Crippen LogP) is 3.70. The molecule has 2 aromatic heterocycles. The molecule has 0 saturated carbocycles. The summed E-state index contributed by atoms with van der Waals surface area (Å²) < 4.78 is 20.2. The highest BCUT2D eigenvalue weighted by atomic mass is 32.2. The van der Waals surface area contributed by atoms with Crippen molar-refractivity contribution >= 4 is 11.8 Å². The maximum Gasteiger partial charge on any atom is 0.247 e. The lowest BCUT2D eigenvalue weighted by Crippen LogP contribution is -2.12. The monoisotopic (exact) mass is 382 g/mol. The molecular formula is C18H15FN6OS. The number of thioether (sulfide) groups is 1. The van der Waals surface area contributed by atoms with Gasteiger partial charge in [-0.05, 0) is 43.3 Å². The van der Waals surface area contributed by atoms with E-state index in [1.807, 2.05) is 37.3 Å². The molecule has 0 saturated heterocycles. The van der Waals surface area contributed by atoms with Gasteiger partial charge in [-0.15, -0.1) is 20.4 Å². The third-order valence-electron chi connectivity index (χ3n) is 3.86. The summed E-state index contributed by atoms with van der Waals surface area (Å²) in [5.74, 6) is 7.15. The van der Waals surface area contributed by atoms with E-state index in [0.717, 1.165) is 5.56 Å². The van der Waals surface area contributed by atoms with Crippen LogP contribution in [0.5, 0.6) is 0 Å². The second kappa shape index (κ2) is 7.20. The molecule has 7 nitrogen and oxygen atoms in total. The van der Waals surface area contributed by atoms with Crippen LogP contribution in [-0.4, -0.2) is 25.1 Å². The van der Waals surface area contributed by atoms with Gasteiger partial charge in [0.05, 0.1) is 5.25 Å². The molecule has 2 heterocycles. The fourth-order valence-electron chi connectivity index (χ4n) is 2.46. The van der Waals surface area contributed by atoms with E-state index >= 15 is 0 Å². The Labute approximate surface area is 158 Å². The van der Waals surface area contributed by atoms with Gasteiger partial charge in [0.2, 0.25) is 16.9 Å². The van der Waals surface area contributed by atoms with Gasteiger partial charge in [0.15, 0.2) is 5.82 Å². The number of rotatable bonds is 5. The van der Waals surface area contributed by atoms with Crippen molar-refractivity contribution in [2.45, 2.75) is 17.3 Å². The summed E-state index contributed by atoms with van der Waals surface area (Å²) in [4.78, 5) is 0. The molecule has 9 heteroatoms. The summed E-state index contributed by atoms with van der Waals surface area (Å²) >= 11 is 1.34. The first-order valence-electron chi connectivity index (χ1n) is 8.13. The predicted molar refractivity (Wildman–Crippen MR) is 99.6 cm³/mol. The van der Waals surface area contributed by atoms with Gasteiger partial charge < -0.3 is 10.3 Å². The van der Waals surface area contributed by atoms with Gasteiger partial charge >= 0.3 is 0 Å². The average Bonchev–Trinajstić information content (AvgIpc) is 3.31. The van der Waals surface area contributed by atoms with Gasteiger partial charge in [-0.3, -0.25) is 0 Å². The summed E-state index contributed by atoms with van der Waals surface area (Å²) in [5, 5.41) is 16.7. The largest absolute Gasteiger partial charge is 0.419 e. The molecule has 0 amide bonds. The van der Waals surface area contributed by atoms with Crippen LogP contribution in [0.2, 0.25) is 0 Å². The Morgan fingerprint density at radius 3 is 2.44 bits per heavy atom. The highest BCUT2D eigenvalue weighted by Gasteiger charge is 2.20. The van der Waals surface area contributed by atoms with Crippen molar-refractivity contribution in [3.8, 4) is 22.8 Å². The molecule has 0 bridgehead atoms. The smallest absolute Gasteiger partial charge is 0.247 e. The van der Waals surface area contributed by atoms with E-state index in [4.69, 9.17) is 10.3 Å². The van der Waals surface area contributed by atoms with Crippen LogP contribution in [0.1, 0.15) is 18.1 Å². The van der Waals surface area contributed by atoms with E-state index in [0.29, 0.717) is 28.3 Å².